The molecule has 1 saturated carbocycles. The lowest BCUT2D eigenvalue weighted by molar-refractivity contribution is 0.00646. The molecule has 0 spiro atoms. The highest BCUT2D eigenvalue weighted by molar-refractivity contribution is 9.10. The third-order valence-electron chi connectivity index (χ3n) is 3.09. The van der Waals surface area contributed by atoms with Gasteiger partial charge in [-0.2, -0.15) is 0 Å². The van der Waals surface area contributed by atoms with Crippen LogP contribution in [0.4, 0.5) is 0 Å². The van der Waals surface area contributed by atoms with Gasteiger partial charge < -0.3 is 14.6 Å². The molecule has 0 aromatic heterocycles. The summed E-state index contributed by atoms with van der Waals surface area (Å²) in [6.45, 7) is 0. The molecule has 2 atom stereocenters. The first-order valence-electron chi connectivity index (χ1n) is 5.89. The molecule has 1 N–H and O–H groups in total. The Hall–Kier alpha value is -0.740. The van der Waals surface area contributed by atoms with E-state index in [1.807, 2.05) is 18.2 Å². The van der Waals surface area contributed by atoms with E-state index in [2.05, 4.69) is 15.9 Å². The largest absolute Gasteiger partial charge is 0.497 e. The predicted molar refractivity (Wildman–Crippen MR) is 69.6 cm³/mol. The fourth-order valence-electron chi connectivity index (χ4n) is 2.08. The number of hydrogen-bond acceptors (Lipinski definition) is 3. The van der Waals surface area contributed by atoms with Gasteiger partial charge in [-0.25, -0.2) is 0 Å². The Morgan fingerprint density at radius 1 is 1.29 bits per heavy atom. The first-order chi connectivity index (χ1) is 8.20. The minimum absolute atomic E-state index is 0.0894. The maximum absolute atomic E-state index is 9.86. The third kappa shape index (κ3) is 3.13. The summed E-state index contributed by atoms with van der Waals surface area (Å²) < 4.78 is 11.8. The van der Waals surface area contributed by atoms with Crippen molar-refractivity contribution in [2.45, 2.75) is 37.9 Å². The molecule has 0 aliphatic heterocycles. The first-order valence-corrected chi connectivity index (χ1v) is 6.68. The molecule has 0 heterocycles. The van der Waals surface area contributed by atoms with Crippen LogP contribution in [-0.4, -0.2) is 24.4 Å². The number of benzene rings is 1. The number of halogens is 1. The summed E-state index contributed by atoms with van der Waals surface area (Å²) in [6, 6.07) is 5.59. The number of methoxy groups -OCH3 is 1. The molecule has 1 aliphatic rings. The van der Waals surface area contributed by atoms with Crippen LogP contribution in [0.1, 0.15) is 25.7 Å². The lowest BCUT2D eigenvalue weighted by Gasteiger charge is -2.28. The number of ether oxygens (including phenoxy) is 2. The molecule has 0 amide bonds. The van der Waals surface area contributed by atoms with Crippen LogP contribution in [-0.2, 0) is 0 Å². The van der Waals surface area contributed by atoms with Crippen molar-refractivity contribution in [1.82, 2.24) is 0 Å². The molecule has 4 heteroatoms. The molecule has 0 radical (unpaired) electrons. The lowest BCUT2D eigenvalue weighted by atomic mass is 9.95. The molecular weight excluding hydrogens is 284 g/mol. The summed E-state index contributed by atoms with van der Waals surface area (Å²) in [6.07, 6.45) is 3.52. The number of hydrogen-bond donors (Lipinski definition) is 1. The van der Waals surface area contributed by atoms with Gasteiger partial charge in [-0.3, -0.25) is 0 Å². The zero-order valence-corrected chi connectivity index (χ0v) is 11.4. The van der Waals surface area contributed by atoms with Gasteiger partial charge in [0.25, 0.3) is 0 Å². The second kappa shape index (κ2) is 5.74. The van der Waals surface area contributed by atoms with Crippen molar-refractivity contribution in [3.05, 3.63) is 22.7 Å². The van der Waals surface area contributed by atoms with Crippen molar-refractivity contribution in [2.24, 2.45) is 0 Å². The average Bonchev–Trinajstić information content (AvgIpc) is 2.34. The van der Waals surface area contributed by atoms with Gasteiger partial charge in [-0.05, 0) is 53.4 Å². The second-order valence-electron chi connectivity index (χ2n) is 4.30. The summed E-state index contributed by atoms with van der Waals surface area (Å²) in [5.74, 6) is 1.55. The second-order valence-corrected chi connectivity index (χ2v) is 5.16. The third-order valence-corrected chi connectivity index (χ3v) is 3.70. The molecule has 94 valence electrons. The topological polar surface area (TPSA) is 38.7 Å². The van der Waals surface area contributed by atoms with E-state index in [0.29, 0.717) is 0 Å². The molecule has 3 nitrogen and oxygen atoms in total. The summed E-state index contributed by atoms with van der Waals surface area (Å²) in [5, 5.41) is 9.86. The van der Waals surface area contributed by atoms with Crippen molar-refractivity contribution in [1.29, 1.82) is 0 Å². The molecule has 2 rings (SSSR count). The van der Waals surface area contributed by atoms with Gasteiger partial charge in [-0.15, -0.1) is 0 Å². The Kier molecular flexibility index (Phi) is 4.29. The first kappa shape index (κ1) is 12.7. The highest BCUT2D eigenvalue weighted by atomic mass is 79.9. The summed E-state index contributed by atoms with van der Waals surface area (Å²) in [4.78, 5) is 0. The number of rotatable bonds is 3. The average molecular weight is 301 g/mol. The van der Waals surface area contributed by atoms with Crippen LogP contribution >= 0.6 is 15.9 Å². The molecule has 1 fully saturated rings. The molecule has 2 unspecified atom stereocenters. The summed E-state index contributed by atoms with van der Waals surface area (Å²) >= 11 is 3.45. The normalized spacial score (nSPS) is 24.4. The molecule has 1 aromatic carbocycles. The Morgan fingerprint density at radius 2 is 2.06 bits per heavy atom. The van der Waals surface area contributed by atoms with Crippen molar-refractivity contribution in [3.8, 4) is 11.5 Å². The lowest BCUT2D eigenvalue weighted by Crippen LogP contribution is -2.34. The molecule has 0 saturated heterocycles. The van der Waals surface area contributed by atoms with Crippen molar-refractivity contribution < 1.29 is 14.6 Å². The van der Waals surface area contributed by atoms with Crippen molar-refractivity contribution in [3.63, 3.8) is 0 Å². The summed E-state index contributed by atoms with van der Waals surface area (Å²) in [7, 11) is 1.63. The van der Waals surface area contributed by atoms with E-state index in [9.17, 15) is 5.11 Å². The maximum atomic E-state index is 9.86. The van der Waals surface area contributed by atoms with Crippen LogP contribution in [0.25, 0.3) is 0 Å². The van der Waals surface area contributed by atoms with E-state index >= 15 is 0 Å². The van der Waals surface area contributed by atoms with Gasteiger partial charge >= 0.3 is 0 Å². The van der Waals surface area contributed by atoms with Gasteiger partial charge in [0.05, 0.1) is 17.7 Å². The minimum Gasteiger partial charge on any atom is -0.497 e. The van der Waals surface area contributed by atoms with Crippen LogP contribution in [0.2, 0.25) is 0 Å². The SMILES string of the molecule is COc1ccc(OC2CCCCC2O)c(Br)c1. The Bertz CT molecular complexity index is 381. The van der Waals surface area contributed by atoms with E-state index < -0.39 is 0 Å². The quantitative estimate of drug-likeness (QED) is 0.932. The van der Waals surface area contributed by atoms with Crippen molar-refractivity contribution in [2.75, 3.05) is 7.11 Å². The highest BCUT2D eigenvalue weighted by Crippen LogP contribution is 2.32. The van der Waals surface area contributed by atoms with Crippen LogP contribution in [0, 0.1) is 0 Å². The fourth-order valence-corrected chi connectivity index (χ4v) is 2.53. The molecule has 1 aliphatic carbocycles. The van der Waals surface area contributed by atoms with Gasteiger partial charge in [0, 0.05) is 0 Å². The van der Waals surface area contributed by atoms with Gasteiger partial charge in [-0.1, -0.05) is 6.42 Å². The van der Waals surface area contributed by atoms with E-state index in [-0.39, 0.29) is 12.2 Å². The van der Waals surface area contributed by atoms with E-state index in [1.165, 1.54) is 0 Å². The standard InChI is InChI=1S/C13H17BrO3/c1-16-9-6-7-12(10(14)8-9)17-13-5-3-2-4-11(13)15/h6-8,11,13,15H,2-5H2,1H3. The Labute approximate surface area is 110 Å². The van der Waals surface area contributed by atoms with Crippen LogP contribution < -0.4 is 9.47 Å². The molecule has 17 heavy (non-hydrogen) atoms. The van der Waals surface area contributed by atoms with Crippen molar-refractivity contribution >= 4 is 15.9 Å². The molecule has 0 bridgehead atoms. The zero-order chi connectivity index (χ0) is 12.3. The summed E-state index contributed by atoms with van der Waals surface area (Å²) in [5.41, 5.74) is 0. The maximum Gasteiger partial charge on any atom is 0.134 e. The predicted octanol–water partition coefficient (Wildman–Crippen LogP) is 3.14. The fraction of sp³-hybridized carbons (Fsp3) is 0.538. The van der Waals surface area contributed by atoms with Crippen LogP contribution in [0.15, 0.2) is 22.7 Å². The Morgan fingerprint density at radius 3 is 2.71 bits per heavy atom. The van der Waals surface area contributed by atoms with E-state index in [0.717, 1.165) is 41.7 Å². The number of aliphatic hydroxyl groups is 1. The molecular formula is C13H17BrO3. The van der Waals surface area contributed by atoms with Gasteiger partial charge in [0.1, 0.15) is 17.6 Å². The monoisotopic (exact) mass is 300 g/mol. The van der Waals surface area contributed by atoms with E-state index in [4.69, 9.17) is 9.47 Å². The minimum atomic E-state index is -0.349. The highest BCUT2D eigenvalue weighted by Gasteiger charge is 2.25. The molecule has 1 aromatic rings. The van der Waals surface area contributed by atoms with E-state index in [1.54, 1.807) is 7.11 Å². The van der Waals surface area contributed by atoms with Gasteiger partial charge in [0.2, 0.25) is 0 Å². The zero-order valence-electron chi connectivity index (χ0n) is 9.86. The Balaban J connectivity index is 2.07. The smallest absolute Gasteiger partial charge is 0.134 e. The number of aliphatic hydroxyl groups excluding tert-OH is 1. The van der Waals surface area contributed by atoms with Gasteiger partial charge in [0.15, 0.2) is 0 Å². The van der Waals surface area contributed by atoms with Crippen LogP contribution in [0.3, 0.4) is 0 Å². The van der Waals surface area contributed by atoms with Crippen LogP contribution in [0.5, 0.6) is 11.5 Å².